The van der Waals surface area contributed by atoms with Crippen molar-refractivity contribution in [1.29, 1.82) is 0 Å². The molecule has 0 unspecified atom stereocenters. The van der Waals surface area contributed by atoms with Crippen molar-refractivity contribution in [2.75, 3.05) is 17.2 Å². The summed E-state index contributed by atoms with van der Waals surface area (Å²) in [5.41, 5.74) is 4.73. The summed E-state index contributed by atoms with van der Waals surface area (Å²) in [5, 5.41) is 9.45. The zero-order valence-electron chi connectivity index (χ0n) is 18.1. The van der Waals surface area contributed by atoms with Crippen LogP contribution in [0.4, 0.5) is 5.69 Å². The number of thioether (sulfide) groups is 1. The van der Waals surface area contributed by atoms with Gasteiger partial charge in [0, 0.05) is 24.8 Å². The second-order valence-corrected chi connectivity index (χ2v) is 9.70. The number of rotatable bonds is 4. The molecule has 1 aliphatic heterocycles. The van der Waals surface area contributed by atoms with Crippen LogP contribution in [0, 0.1) is 0 Å². The Kier molecular flexibility index (Phi) is 5.69. The van der Waals surface area contributed by atoms with Crippen molar-refractivity contribution in [2.45, 2.75) is 44.2 Å². The van der Waals surface area contributed by atoms with Gasteiger partial charge in [-0.3, -0.25) is 4.79 Å². The number of para-hydroxylation sites is 1. The molecular weight excluding hydrogens is 392 g/mol. The minimum atomic E-state index is 0.117. The largest absolute Gasteiger partial charge is 0.311 e. The summed E-state index contributed by atoms with van der Waals surface area (Å²) in [4.78, 5) is 14.8. The van der Waals surface area contributed by atoms with E-state index in [0.29, 0.717) is 5.75 Å². The highest BCUT2D eigenvalue weighted by atomic mass is 32.2. The highest BCUT2D eigenvalue weighted by molar-refractivity contribution is 7.99. The Labute approximate surface area is 182 Å². The van der Waals surface area contributed by atoms with Gasteiger partial charge in [0.25, 0.3) is 0 Å². The minimum absolute atomic E-state index is 0.117. The van der Waals surface area contributed by atoms with Crippen LogP contribution in [0.25, 0.3) is 11.4 Å². The number of benzene rings is 2. The number of amides is 1. The molecule has 1 amide bonds. The average Bonchev–Trinajstić information content (AvgIpc) is 3.11. The summed E-state index contributed by atoms with van der Waals surface area (Å²) in [7, 11) is 1.95. The fraction of sp³-hybridized carbons (Fsp3) is 0.375. The molecule has 1 aromatic heterocycles. The Morgan fingerprint density at radius 2 is 1.80 bits per heavy atom. The number of fused-ring (bicyclic) bond motifs is 1. The number of hydrogen-bond acceptors (Lipinski definition) is 4. The van der Waals surface area contributed by atoms with Gasteiger partial charge in [0.15, 0.2) is 11.0 Å². The molecule has 5 nitrogen and oxygen atoms in total. The molecule has 0 N–H and O–H groups in total. The third kappa shape index (κ3) is 4.15. The lowest BCUT2D eigenvalue weighted by Crippen LogP contribution is -2.36. The van der Waals surface area contributed by atoms with Crippen molar-refractivity contribution in [2.24, 2.45) is 7.05 Å². The summed E-state index contributed by atoms with van der Waals surface area (Å²) < 4.78 is 1.97. The van der Waals surface area contributed by atoms with E-state index in [2.05, 4.69) is 61.3 Å². The number of anilines is 1. The number of nitrogens with zero attached hydrogens (tertiary/aromatic N) is 4. The first-order valence-electron chi connectivity index (χ1n) is 10.4. The molecule has 4 rings (SSSR count). The summed E-state index contributed by atoms with van der Waals surface area (Å²) in [5.74, 6) is 1.28. The molecule has 0 bridgehead atoms. The van der Waals surface area contributed by atoms with E-state index >= 15 is 0 Å². The normalized spacial score (nSPS) is 13.9. The molecule has 0 radical (unpaired) electrons. The Bertz CT molecular complexity index is 1050. The van der Waals surface area contributed by atoms with Crippen molar-refractivity contribution < 1.29 is 4.79 Å². The predicted octanol–water partition coefficient (Wildman–Crippen LogP) is 4.85. The van der Waals surface area contributed by atoms with E-state index in [-0.39, 0.29) is 11.3 Å². The van der Waals surface area contributed by atoms with E-state index in [1.807, 2.05) is 34.7 Å². The molecule has 0 atom stereocenters. The summed E-state index contributed by atoms with van der Waals surface area (Å²) >= 11 is 1.44. The molecule has 3 aromatic rings. The first kappa shape index (κ1) is 20.7. The van der Waals surface area contributed by atoms with E-state index in [0.717, 1.165) is 41.6 Å². The maximum atomic E-state index is 12.9. The summed E-state index contributed by atoms with van der Waals surface area (Å²) in [6.45, 7) is 7.39. The van der Waals surface area contributed by atoms with Crippen LogP contribution in [-0.4, -0.2) is 33.0 Å². The standard InChI is InChI=1S/C24H28N4OS/c1-24(2,3)19-13-11-18(12-14-19)22-25-26-23(27(22)4)30-16-21(29)28-15-7-9-17-8-5-6-10-20(17)28/h5-6,8,10-14H,7,9,15-16H2,1-4H3. The summed E-state index contributed by atoms with van der Waals surface area (Å²) in [6.07, 6.45) is 2.04. The highest BCUT2D eigenvalue weighted by Crippen LogP contribution is 2.29. The van der Waals surface area contributed by atoms with Crippen LogP contribution in [-0.2, 0) is 23.7 Å². The molecule has 0 aliphatic carbocycles. The van der Waals surface area contributed by atoms with Crippen LogP contribution in [0.5, 0.6) is 0 Å². The van der Waals surface area contributed by atoms with Crippen LogP contribution in [0.2, 0.25) is 0 Å². The molecule has 0 saturated heterocycles. The van der Waals surface area contributed by atoms with Crippen LogP contribution in [0.3, 0.4) is 0 Å². The predicted molar refractivity (Wildman–Crippen MR) is 123 cm³/mol. The van der Waals surface area contributed by atoms with Gasteiger partial charge in [-0.05, 0) is 35.4 Å². The van der Waals surface area contributed by atoms with E-state index in [1.54, 1.807) is 0 Å². The summed E-state index contributed by atoms with van der Waals surface area (Å²) in [6, 6.07) is 16.7. The molecule has 2 heterocycles. The van der Waals surface area contributed by atoms with E-state index in [1.165, 1.54) is 22.9 Å². The molecule has 0 fully saturated rings. The van der Waals surface area contributed by atoms with E-state index in [4.69, 9.17) is 0 Å². The van der Waals surface area contributed by atoms with Crippen molar-refractivity contribution in [3.63, 3.8) is 0 Å². The zero-order chi connectivity index (χ0) is 21.3. The van der Waals surface area contributed by atoms with E-state index < -0.39 is 0 Å². The number of carbonyl (C=O) groups excluding carboxylic acids is 1. The SMILES string of the molecule is Cn1c(SCC(=O)N2CCCc3ccccc32)nnc1-c1ccc(C(C)(C)C)cc1. The Morgan fingerprint density at radius 1 is 1.07 bits per heavy atom. The Morgan fingerprint density at radius 3 is 2.53 bits per heavy atom. The van der Waals surface area contributed by atoms with Crippen LogP contribution in [0.1, 0.15) is 38.3 Å². The Balaban J connectivity index is 1.46. The van der Waals surface area contributed by atoms with Gasteiger partial charge in [-0.2, -0.15) is 0 Å². The average molecular weight is 421 g/mol. The zero-order valence-corrected chi connectivity index (χ0v) is 18.9. The van der Waals surface area contributed by atoms with Crippen molar-refractivity contribution in [1.82, 2.24) is 14.8 Å². The molecule has 0 spiro atoms. The number of aromatic nitrogens is 3. The molecule has 156 valence electrons. The van der Waals surface area contributed by atoms with Gasteiger partial charge in [-0.25, -0.2) is 0 Å². The molecule has 30 heavy (non-hydrogen) atoms. The second kappa shape index (κ2) is 8.26. The fourth-order valence-corrected chi connectivity index (χ4v) is 4.60. The van der Waals surface area contributed by atoms with Gasteiger partial charge in [0.1, 0.15) is 0 Å². The maximum Gasteiger partial charge on any atom is 0.237 e. The first-order valence-corrected chi connectivity index (χ1v) is 11.3. The van der Waals surface area contributed by atoms with Gasteiger partial charge in [-0.15, -0.1) is 10.2 Å². The molecular formula is C24H28N4OS. The van der Waals surface area contributed by atoms with Crippen LogP contribution in [0.15, 0.2) is 53.7 Å². The number of aryl methyl sites for hydroxylation is 1. The topological polar surface area (TPSA) is 51.0 Å². The quantitative estimate of drug-likeness (QED) is 0.566. The smallest absolute Gasteiger partial charge is 0.237 e. The lowest BCUT2D eigenvalue weighted by Gasteiger charge is -2.29. The Hall–Kier alpha value is -2.60. The highest BCUT2D eigenvalue weighted by Gasteiger charge is 2.23. The number of carbonyl (C=O) groups is 1. The number of hydrogen-bond donors (Lipinski definition) is 0. The van der Waals surface area contributed by atoms with Crippen LogP contribution >= 0.6 is 11.8 Å². The van der Waals surface area contributed by atoms with Crippen molar-refractivity contribution >= 4 is 23.4 Å². The van der Waals surface area contributed by atoms with Gasteiger partial charge in [-0.1, -0.05) is 75.0 Å². The van der Waals surface area contributed by atoms with Crippen molar-refractivity contribution in [3.05, 3.63) is 59.7 Å². The van der Waals surface area contributed by atoms with Gasteiger partial charge < -0.3 is 9.47 Å². The van der Waals surface area contributed by atoms with Crippen LogP contribution < -0.4 is 4.90 Å². The second-order valence-electron chi connectivity index (χ2n) is 8.76. The lowest BCUT2D eigenvalue weighted by atomic mass is 9.87. The third-order valence-corrected chi connectivity index (χ3v) is 6.59. The lowest BCUT2D eigenvalue weighted by molar-refractivity contribution is -0.116. The van der Waals surface area contributed by atoms with E-state index in [9.17, 15) is 4.79 Å². The maximum absolute atomic E-state index is 12.9. The first-order chi connectivity index (χ1) is 14.3. The third-order valence-electron chi connectivity index (χ3n) is 5.58. The molecule has 1 aliphatic rings. The minimum Gasteiger partial charge on any atom is -0.311 e. The fourth-order valence-electron chi connectivity index (χ4n) is 3.81. The van der Waals surface area contributed by atoms with Gasteiger partial charge in [0.2, 0.25) is 5.91 Å². The monoisotopic (exact) mass is 420 g/mol. The molecule has 0 saturated carbocycles. The van der Waals surface area contributed by atoms with Crippen molar-refractivity contribution in [3.8, 4) is 11.4 Å². The van der Waals surface area contributed by atoms with Gasteiger partial charge >= 0.3 is 0 Å². The molecule has 6 heteroatoms. The molecule has 2 aromatic carbocycles. The van der Waals surface area contributed by atoms with Gasteiger partial charge in [0.05, 0.1) is 5.75 Å².